The summed E-state index contributed by atoms with van der Waals surface area (Å²) >= 11 is 5.73. The van der Waals surface area contributed by atoms with Crippen LogP contribution in [-0.2, 0) is 0 Å². The number of hydrogen-bond acceptors (Lipinski definition) is 3. The van der Waals surface area contributed by atoms with Crippen molar-refractivity contribution in [2.24, 2.45) is 0 Å². The number of amides is 1. The van der Waals surface area contributed by atoms with Crippen LogP contribution in [0.4, 0.5) is 0 Å². The van der Waals surface area contributed by atoms with Gasteiger partial charge in [0.15, 0.2) is 0 Å². The van der Waals surface area contributed by atoms with Crippen LogP contribution in [0.1, 0.15) is 10.4 Å². The Hall–Kier alpha value is -0.180. The fourth-order valence-corrected chi connectivity index (χ4v) is 3.56. The van der Waals surface area contributed by atoms with Gasteiger partial charge in [0.2, 0.25) is 0 Å². The average molecular weight is 450 g/mol. The molecule has 0 radical (unpaired) electrons. The van der Waals surface area contributed by atoms with Gasteiger partial charge in [-0.2, -0.15) is 0 Å². The molecule has 0 atom stereocenters. The minimum absolute atomic E-state index is 0.141. The van der Waals surface area contributed by atoms with Gasteiger partial charge in [-0.05, 0) is 56.7 Å². The van der Waals surface area contributed by atoms with Crippen molar-refractivity contribution in [2.45, 2.75) is 6.04 Å². The van der Waals surface area contributed by atoms with Gasteiger partial charge in [-0.1, -0.05) is 0 Å². The summed E-state index contributed by atoms with van der Waals surface area (Å²) < 4.78 is 1.97. The third-order valence-electron chi connectivity index (χ3n) is 4.04. The van der Waals surface area contributed by atoms with Crippen molar-refractivity contribution in [2.75, 3.05) is 39.3 Å². The van der Waals surface area contributed by atoms with Crippen LogP contribution in [0.25, 0.3) is 0 Å². The fourth-order valence-electron chi connectivity index (χ4n) is 2.65. The molecular weight excluding hydrogens is 433 g/mol. The highest BCUT2D eigenvalue weighted by molar-refractivity contribution is 14.1. The monoisotopic (exact) mass is 449 g/mol. The summed E-state index contributed by atoms with van der Waals surface area (Å²) in [6, 6.07) is 6.58. The number of hydrogen-bond donors (Lipinski definition) is 1. The smallest absolute Gasteiger partial charge is 0.255 e. The maximum atomic E-state index is 12.6. The van der Waals surface area contributed by atoms with Crippen molar-refractivity contribution in [3.05, 3.63) is 31.8 Å². The Kier molecular flexibility index (Phi) is 4.64. The SMILES string of the molecule is O=C(c1cc(I)ccc1Br)N1CCN(C2CNC2)CC1. The van der Waals surface area contributed by atoms with E-state index in [1.165, 1.54) is 0 Å². The Morgan fingerprint density at radius 1 is 1.25 bits per heavy atom. The van der Waals surface area contributed by atoms with Gasteiger partial charge in [0.1, 0.15) is 0 Å². The average Bonchev–Trinajstić information content (AvgIpc) is 2.40. The summed E-state index contributed by atoms with van der Waals surface area (Å²) in [5, 5.41) is 3.30. The minimum atomic E-state index is 0.141. The van der Waals surface area contributed by atoms with Crippen molar-refractivity contribution < 1.29 is 4.79 Å². The molecule has 1 amide bonds. The van der Waals surface area contributed by atoms with E-state index in [1.54, 1.807) is 0 Å². The van der Waals surface area contributed by atoms with E-state index in [2.05, 4.69) is 48.7 Å². The zero-order valence-electron chi connectivity index (χ0n) is 11.1. The number of carbonyl (C=O) groups is 1. The quantitative estimate of drug-likeness (QED) is 0.699. The van der Waals surface area contributed by atoms with E-state index in [4.69, 9.17) is 0 Å². The second kappa shape index (κ2) is 6.29. The van der Waals surface area contributed by atoms with E-state index in [1.807, 2.05) is 23.1 Å². The topological polar surface area (TPSA) is 35.6 Å². The molecule has 6 heteroatoms. The van der Waals surface area contributed by atoms with Crippen LogP contribution < -0.4 is 5.32 Å². The van der Waals surface area contributed by atoms with Crippen LogP contribution in [0.2, 0.25) is 0 Å². The molecule has 0 bridgehead atoms. The van der Waals surface area contributed by atoms with Crippen LogP contribution in [0.5, 0.6) is 0 Å². The first kappa shape index (κ1) is 14.7. The lowest BCUT2D eigenvalue weighted by Gasteiger charge is -2.43. The highest BCUT2D eigenvalue weighted by Crippen LogP contribution is 2.22. The molecule has 1 aromatic rings. The van der Waals surface area contributed by atoms with E-state index in [9.17, 15) is 4.79 Å². The standard InChI is InChI=1S/C14H17BrIN3O/c15-13-2-1-10(16)7-12(13)14(20)19-5-3-18(4-6-19)11-8-17-9-11/h1-2,7,11,17H,3-6,8-9H2. The Morgan fingerprint density at radius 2 is 1.95 bits per heavy atom. The molecule has 0 aliphatic carbocycles. The summed E-state index contributed by atoms with van der Waals surface area (Å²) in [6.45, 7) is 5.81. The predicted molar refractivity (Wildman–Crippen MR) is 91.0 cm³/mol. The van der Waals surface area contributed by atoms with E-state index in [-0.39, 0.29) is 5.91 Å². The molecular formula is C14H17BrIN3O. The van der Waals surface area contributed by atoms with Gasteiger partial charge in [-0.25, -0.2) is 0 Å². The van der Waals surface area contributed by atoms with Gasteiger partial charge in [0, 0.05) is 53.4 Å². The molecule has 2 fully saturated rings. The van der Waals surface area contributed by atoms with E-state index >= 15 is 0 Å². The van der Waals surface area contributed by atoms with Crippen LogP contribution in [0.3, 0.4) is 0 Å². The molecule has 0 spiro atoms. The molecule has 1 aromatic carbocycles. The summed E-state index contributed by atoms with van der Waals surface area (Å²) in [4.78, 5) is 17.1. The molecule has 1 N–H and O–H groups in total. The lowest BCUT2D eigenvalue weighted by molar-refractivity contribution is 0.0501. The van der Waals surface area contributed by atoms with Crippen LogP contribution in [-0.4, -0.2) is 61.0 Å². The number of nitrogens with zero attached hydrogens (tertiary/aromatic N) is 2. The maximum Gasteiger partial charge on any atom is 0.255 e. The van der Waals surface area contributed by atoms with E-state index < -0.39 is 0 Å². The van der Waals surface area contributed by atoms with Crippen molar-refractivity contribution >= 4 is 44.4 Å². The Labute approximate surface area is 141 Å². The summed E-state index contributed by atoms with van der Waals surface area (Å²) in [7, 11) is 0. The largest absolute Gasteiger partial charge is 0.336 e. The molecule has 0 saturated carbocycles. The van der Waals surface area contributed by atoms with Crippen LogP contribution in [0, 0.1) is 3.57 Å². The summed E-state index contributed by atoms with van der Waals surface area (Å²) in [5.74, 6) is 0.141. The maximum absolute atomic E-state index is 12.6. The molecule has 0 unspecified atom stereocenters. The zero-order chi connectivity index (χ0) is 14.1. The van der Waals surface area contributed by atoms with Crippen LogP contribution >= 0.6 is 38.5 Å². The molecule has 2 aliphatic rings. The minimum Gasteiger partial charge on any atom is -0.336 e. The highest BCUT2D eigenvalue weighted by atomic mass is 127. The molecule has 20 heavy (non-hydrogen) atoms. The first-order chi connectivity index (χ1) is 9.65. The Morgan fingerprint density at radius 3 is 2.55 bits per heavy atom. The van der Waals surface area contributed by atoms with Crippen molar-refractivity contribution in [1.82, 2.24) is 15.1 Å². The third-order valence-corrected chi connectivity index (χ3v) is 5.40. The molecule has 2 aliphatic heterocycles. The summed E-state index contributed by atoms with van der Waals surface area (Å²) in [6.07, 6.45) is 0. The van der Waals surface area contributed by atoms with Crippen LogP contribution in [0.15, 0.2) is 22.7 Å². The van der Waals surface area contributed by atoms with Crippen molar-refractivity contribution in [3.8, 4) is 0 Å². The second-order valence-corrected chi connectivity index (χ2v) is 7.36. The number of halogens is 2. The highest BCUT2D eigenvalue weighted by Gasteiger charge is 2.29. The molecule has 3 rings (SSSR count). The van der Waals surface area contributed by atoms with Gasteiger partial charge >= 0.3 is 0 Å². The van der Waals surface area contributed by atoms with Gasteiger partial charge in [-0.15, -0.1) is 0 Å². The fraction of sp³-hybridized carbons (Fsp3) is 0.500. The lowest BCUT2D eigenvalue weighted by atomic mass is 10.1. The van der Waals surface area contributed by atoms with Crippen molar-refractivity contribution in [1.29, 1.82) is 0 Å². The van der Waals surface area contributed by atoms with Gasteiger partial charge in [0.05, 0.1) is 5.56 Å². The normalized spacial score (nSPS) is 20.8. The molecule has 2 saturated heterocycles. The van der Waals surface area contributed by atoms with Gasteiger partial charge in [0.25, 0.3) is 5.91 Å². The third kappa shape index (κ3) is 3.03. The van der Waals surface area contributed by atoms with E-state index in [0.717, 1.165) is 52.9 Å². The Balaban J connectivity index is 1.65. The summed E-state index contributed by atoms with van der Waals surface area (Å²) in [5.41, 5.74) is 0.774. The Bertz CT molecular complexity index is 513. The van der Waals surface area contributed by atoms with Gasteiger partial charge in [-0.3, -0.25) is 9.69 Å². The molecule has 108 valence electrons. The second-order valence-electron chi connectivity index (χ2n) is 5.26. The molecule has 4 nitrogen and oxygen atoms in total. The lowest BCUT2D eigenvalue weighted by Crippen LogP contribution is -2.62. The first-order valence-electron chi connectivity index (χ1n) is 6.84. The number of piperazine rings is 1. The van der Waals surface area contributed by atoms with Crippen molar-refractivity contribution in [3.63, 3.8) is 0 Å². The van der Waals surface area contributed by atoms with E-state index in [0.29, 0.717) is 6.04 Å². The zero-order valence-corrected chi connectivity index (χ0v) is 14.9. The number of benzene rings is 1. The molecule has 2 heterocycles. The predicted octanol–water partition coefficient (Wildman–Crippen LogP) is 1.78. The molecule has 0 aromatic heterocycles. The van der Waals surface area contributed by atoms with Gasteiger partial charge < -0.3 is 10.2 Å². The number of carbonyl (C=O) groups excluding carboxylic acids is 1. The number of nitrogens with one attached hydrogen (secondary N) is 1. The first-order valence-corrected chi connectivity index (χ1v) is 8.71. The number of rotatable bonds is 2.